The van der Waals surface area contributed by atoms with E-state index in [0.717, 1.165) is 4.90 Å². The van der Waals surface area contributed by atoms with Gasteiger partial charge in [0, 0.05) is 5.69 Å². The first-order valence-corrected chi connectivity index (χ1v) is 5.79. The fourth-order valence-corrected chi connectivity index (χ4v) is 1.52. The number of amides is 1. The van der Waals surface area contributed by atoms with Gasteiger partial charge in [-0.1, -0.05) is 6.07 Å². The molecule has 0 radical (unpaired) electrons. The summed E-state index contributed by atoms with van der Waals surface area (Å²) in [6.07, 6.45) is -3.76. The minimum atomic E-state index is -4.14. The van der Waals surface area contributed by atoms with Crippen molar-refractivity contribution in [3.63, 3.8) is 0 Å². The Balaban J connectivity index is 2.50. The maximum Gasteiger partial charge on any atom is 0.319 e. The molecule has 0 aliphatic heterocycles. The zero-order chi connectivity index (χ0) is 15.3. The lowest BCUT2D eigenvalue weighted by Gasteiger charge is -2.22. The van der Waals surface area contributed by atoms with E-state index in [9.17, 15) is 22.4 Å². The summed E-state index contributed by atoms with van der Waals surface area (Å²) < 4.78 is 49.6. The second-order valence-corrected chi connectivity index (χ2v) is 4.45. The van der Waals surface area contributed by atoms with Crippen molar-refractivity contribution in [3.8, 4) is 0 Å². The summed E-state index contributed by atoms with van der Waals surface area (Å²) in [5, 5.41) is 2.40. The molecule has 0 aromatic carbocycles. The zero-order valence-corrected chi connectivity index (χ0v) is 11.0. The molecule has 112 valence electrons. The molecule has 0 bridgehead atoms. The summed E-state index contributed by atoms with van der Waals surface area (Å²) in [6, 6.07) is 4.94. The Morgan fingerprint density at radius 1 is 1.45 bits per heavy atom. The van der Waals surface area contributed by atoms with Gasteiger partial charge in [0.15, 0.2) is 0 Å². The molecule has 4 nitrogen and oxygen atoms in total. The average molecular weight is 293 g/mol. The number of anilines is 1. The highest BCUT2D eigenvalue weighted by Gasteiger charge is 2.41. The molecule has 0 unspecified atom stereocenters. The van der Waals surface area contributed by atoms with Gasteiger partial charge in [-0.15, -0.1) is 0 Å². The highest BCUT2D eigenvalue weighted by Crippen LogP contribution is 2.23. The molecule has 0 atom stereocenters. The predicted octanol–water partition coefficient (Wildman–Crippen LogP) is 2.16. The van der Waals surface area contributed by atoms with Crippen LogP contribution in [-0.2, 0) is 4.79 Å². The smallest absolute Gasteiger partial charge is 0.310 e. The quantitative estimate of drug-likeness (QED) is 0.818. The van der Waals surface area contributed by atoms with E-state index in [1.54, 1.807) is 25.1 Å². The minimum absolute atomic E-state index is 0.281. The highest BCUT2D eigenvalue weighted by atomic mass is 19.3. The van der Waals surface area contributed by atoms with Crippen LogP contribution in [0.3, 0.4) is 0 Å². The van der Waals surface area contributed by atoms with Crippen LogP contribution in [0.15, 0.2) is 18.2 Å². The minimum Gasteiger partial charge on any atom is -0.310 e. The Kier molecular flexibility index (Phi) is 5.43. The van der Waals surface area contributed by atoms with Crippen LogP contribution < -0.4 is 5.32 Å². The van der Waals surface area contributed by atoms with Crippen LogP contribution >= 0.6 is 0 Å². The van der Waals surface area contributed by atoms with Crippen molar-refractivity contribution in [2.45, 2.75) is 19.3 Å². The lowest BCUT2D eigenvalue weighted by Crippen LogP contribution is -2.42. The number of hydrogen-bond acceptors (Lipinski definition) is 3. The van der Waals surface area contributed by atoms with Gasteiger partial charge in [0.1, 0.15) is 5.82 Å². The van der Waals surface area contributed by atoms with E-state index in [1.807, 2.05) is 0 Å². The highest BCUT2D eigenvalue weighted by molar-refractivity contribution is 5.91. The Labute approximate surface area is 113 Å². The lowest BCUT2D eigenvalue weighted by atomic mass is 10.3. The summed E-state index contributed by atoms with van der Waals surface area (Å²) in [4.78, 5) is 16.4. The maximum atomic E-state index is 12.8. The summed E-state index contributed by atoms with van der Waals surface area (Å²) in [6.45, 7) is 0.0994. The van der Waals surface area contributed by atoms with Gasteiger partial charge in [0.05, 0.1) is 13.1 Å². The summed E-state index contributed by atoms with van der Waals surface area (Å²) in [7, 11) is 1.17. The molecule has 1 amide bonds. The van der Waals surface area contributed by atoms with Gasteiger partial charge in [0.2, 0.25) is 5.91 Å². The van der Waals surface area contributed by atoms with E-state index in [0.29, 0.717) is 5.69 Å². The second kappa shape index (κ2) is 6.65. The number of hydrogen-bond donors (Lipinski definition) is 1. The number of nitrogens with one attached hydrogen (secondary N) is 1. The molecule has 1 heterocycles. The molecule has 1 aromatic rings. The number of aromatic nitrogens is 1. The Bertz CT molecular complexity index is 468. The molecule has 1 aromatic heterocycles. The monoisotopic (exact) mass is 293 g/mol. The van der Waals surface area contributed by atoms with E-state index >= 15 is 0 Å². The third-order valence-electron chi connectivity index (χ3n) is 2.37. The topological polar surface area (TPSA) is 45.2 Å². The largest absolute Gasteiger partial charge is 0.319 e. The second-order valence-electron chi connectivity index (χ2n) is 4.45. The van der Waals surface area contributed by atoms with Crippen LogP contribution in [-0.4, -0.2) is 48.3 Å². The van der Waals surface area contributed by atoms with E-state index in [1.165, 1.54) is 7.05 Å². The van der Waals surface area contributed by atoms with Crippen LogP contribution in [0.25, 0.3) is 0 Å². The number of pyridine rings is 1. The van der Waals surface area contributed by atoms with Crippen LogP contribution in [0.1, 0.15) is 5.69 Å². The number of rotatable bonds is 6. The summed E-state index contributed by atoms with van der Waals surface area (Å²) in [5.74, 6) is -4.46. The van der Waals surface area contributed by atoms with Gasteiger partial charge in [-0.2, -0.15) is 8.78 Å². The van der Waals surface area contributed by atoms with Gasteiger partial charge in [-0.3, -0.25) is 9.69 Å². The molecule has 0 fully saturated rings. The fraction of sp³-hybridized carbons (Fsp3) is 0.500. The van der Waals surface area contributed by atoms with E-state index in [4.69, 9.17) is 0 Å². The van der Waals surface area contributed by atoms with E-state index < -0.39 is 31.3 Å². The molecule has 0 aliphatic carbocycles. The molecule has 0 saturated carbocycles. The Morgan fingerprint density at radius 2 is 2.10 bits per heavy atom. The third-order valence-corrected chi connectivity index (χ3v) is 2.37. The first-order chi connectivity index (χ1) is 9.20. The standard InChI is InChI=1S/C12H15F4N3O/c1-8-4-3-5-9(17-8)18-10(20)6-19(2)7-12(15,16)11(13)14/h3-5,11H,6-7H2,1-2H3,(H,17,18,20). The lowest BCUT2D eigenvalue weighted by molar-refractivity contribution is -0.142. The number of carbonyl (C=O) groups is 1. The van der Waals surface area contributed by atoms with Crippen LogP contribution in [0.5, 0.6) is 0 Å². The summed E-state index contributed by atoms with van der Waals surface area (Å²) in [5.41, 5.74) is 0.681. The first-order valence-electron chi connectivity index (χ1n) is 5.79. The third kappa shape index (κ3) is 5.12. The number of alkyl halides is 4. The van der Waals surface area contributed by atoms with Gasteiger partial charge in [-0.25, -0.2) is 13.8 Å². The summed E-state index contributed by atoms with van der Waals surface area (Å²) >= 11 is 0. The van der Waals surface area contributed by atoms with Gasteiger partial charge >= 0.3 is 12.3 Å². The normalized spacial score (nSPS) is 12.0. The fourth-order valence-electron chi connectivity index (χ4n) is 1.52. The first kappa shape index (κ1) is 16.4. The Hall–Kier alpha value is -1.70. The molecular weight excluding hydrogens is 278 g/mol. The van der Waals surface area contributed by atoms with E-state index in [-0.39, 0.29) is 5.82 Å². The number of aryl methyl sites for hydroxylation is 1. The van der Waals surface area contributed by atoms with Crippen LogP contribution in [0.2, 0.25) is 0 Å². The molecule has 1 rings (SSSR count). The molecule has 1 N–H and O–H groups in total. The number of carbonyl (C=O) groups excluding carboxylic acids is 1. The van der Waals surface area contributed by atoms with Crippen LogP contribution in [0.4, 0.5) is 23.4 Å². The van der Waals surface area contributed by atoms with Crippen molar-refractivity contribution < 1.29 is 22.4 Å². The Morgan fingerprint density at radius 3 is 2.65 bits per heavy atom. The molecule has 8 heteroatoms. The maximum absolute atomic E-state index is 12.8. The molecule has 20 heavy (non-hydrogen) atoms. The molecule has 0 spiro atoms. The molecule has 0 aliphatic rings. The number of likely N-dealkylation sites (N-methyl/N-ethyl adjacent to an activating group) is 1. The van der Waals surface area contributed by atoms with Crippen molar-refractivity contribution in [2.24, 2.45) is 0 Å². The van der Waals surface area contributed by atoms with Crippen molar-refractivity contribution in [2.75, 3.05) is 25.5 Å². The van der Waals surface area contributed by atoms with Gasteiger partial charge in [0.25, 0.3) is 0 Å². The number of nitrogens with zero attached hydrogens (tertiary/aromatic N) is 2. The van der Waals surface area contributed by atoms with Gasteiger partial charge in [-0.05, 0) is 26.1 Å². The van der Waals surface area contributed by atoms with Crippen molar-refractivity contribution >= 4 is 11.7 Å². The average Bonchev–Trinajstić information content (AvgIpc) is 2.26. The van der Waals surface area contributed by atoms with Crippen molar-refractivity contribution in [1.29, 1.82) is 0 Å². The van der Waals surface area contributed by atoms with E-state index in [2.05, 4.69) is 10.3 Å². The SMILES string of the molecule is Cc1cccc(NC(=O)CN(C)CC(F)(F)C(F)F)n1. The van der Waals surface area contributed by atoms with Gasteiger partial charge < -0.3 is 5.32 Å². The molecule has 0 saturated heterocycles. The number of halogens is 4. The predicted molar refractivity (Wildman–Crippen MR) is 66.1 cm³/mol. The van der Waals surface area contributed by atoms with Crippen molar-refractivity contribution in [3.05, 3.63) is 23.9 Å². The van der Waals surface area contributed by atoms with Crippen LogP contribution in [0, 0.1) is 6.92 Å². The van der Waals surface area contributed by atoms with Crippen molar-refractivity contribution in [1.82, 2.24) is 9.88 Å². The zero-order valence-electron chi connectivity index (χ0n) is 11.0. The molecular formula is C12H15F4N3O.